The van der Waals surface area contributed by atoms with Crippen LogP contribution in [0.1, 0.15) is 48.9 Å². The standard InChI is InChI=1S/C23H27FN2O3S/c1-16(17-5-8-21(24)9-6-17)25-23(27)19-11-13-26(14-12-19)30(28,29)22-10-7-18-3-2-4-20(18)15-22/h5-10,15-16,19H,2-4,11-14H2,1H3,(H,25,27)/t16-/m0/s1. The van der Waals surface area contributed by atoms with Crippen LogP contribution >= 0.6 is 0 Å². The number of carbonyl (C=O) groups is 1. The summed E-state index contributed by atoms with van der Waals surface area (Å²) < 4.78 is 40.7. The van der Waals surface area contributed by atoms with E-state index >= 15 is 0 Å². The first-order valence-corrected chi connectivity index (χ1v) is 12.0. The predicted molar refractivity (Wildman–Crippen MR) is 113 cm³/mol. The molecule has 1 fully saturated rings. The summed E-state index contributed by atoms with van der Waals surface area (Å²) >= 11 is 0. The predicted octanol–water partition coefficient (Wildman–Crippen LogP) is 3.59. The lowest BCUT2D eigenvalue weighted by atomic mass is 9.96. The van der Waals surface area contributed by atoms with Gasteiger partial charge in [-0.2, -0.15) is 4.31 Å². The Hall–Kier alpha value is -2.25. The van der Waals surface area contributed by atoms with E-state index in [1.807, 2.05) is 19.1 Å². The van der Waals surface area contributed by atoms with E-state index in [2.05, 4.69) is 5.32 Å². The average molecular weight is 431 g/mol. The molecule has 2 aromatic rings. The topological polar surface area (TPSA) is 66.5 Å². The number of fused-ring (bicyclic) bond motifs is 1. The first kappa shape index (κ1) is 21.0. The number of hydrogen-bond donors (Lipinski definition) is 1. The van der Waals surface area contributed by atoms with Crippen LogP contribution in [0.3, 0.4) is 0 Å². The summed E-state index contributed by atoms with van der Waals surface area (Å²) in [5.41, 5.74) is 3.22. The Balaban J connectivity index is 1.36. The van der Waals surface area contributed by atoms with Crippen molar-refractivity contribution in [2.24, 2.45) is 5.92 Å². The second-order valence-corrected chi connectivity index (χ2v) is 10.2. The Labute approximate surface area is 177 Å². The molecule has 1 aliphatic carbocycles. The Kier molecular flexibility index (Phi) is 5.93. The molecular formula is C23H27FN2O3S. The largest absolute Gasteiger partial charge is 0.349 e. The van der Waals surface area contributed by atoms with Gasteiger partial charge in [0.15, 0.2) is 0 Å². The third-order valence-corrected chi connectivity index (χ3v) is 8.16. The molecule has 160 valence electrons. The molecule has 1 saturated heterocycles. The molecular weight excluding hydrogens is 403 g/mol. The van der Waals surface area contributed by atoms with Crippen LogP contribution in [0.2, 0.25) is 0 Å². The van der Waals surface area contributed by atoms with E-state index < -0.39 is 10.0 Å². The molecule has 0 spiro atoms. The van der Waals surface area contributed by atoms with Gasteiger partial charge in [0.1, 0.15) is 5.82 Å². The molecule has 0 aromatic heterocycles. The van der Waals surface area contributed by atoms with Crippen LogP contribution in [0.15, 0.2) is 47.4 Å². The van der Waals surface area contributed by atoms with Gasteiger partial charge in [0.25, 0.3) is 0 Å². The zero-order valence-electron chi connectivity index (χ0n) is 17.1. The van der Waals surface area contributed by atoms with Gasteiger partial charge < -0.3 is 5.32 Å². The van der Waals surface area contributed by atoms with Crippen molar-refractivity contribution < 1.29 is 17.6 Å². The zero-order valence-corrected chi connectivity index (χ0v) is 17.9. The number of nitrogens with zero attached hydrogens (tertiary/aromatic N) is 1. The fourth-order valence-electron chi connectivity index (χ4n) is 4.38. The Morgan fingerprint density at radius 2 is 1.73 bits per heavy atom. The summed E-state index contributed by atoms with van der Waals surface area (Å²) in [6, 6.07) is 11.3. The van der Waals surface area contributed by atoms with Crippen LogP contribution in [0, 0.1) is 11.7 Å². The van der Waals surface area contributed by atoms with Crippen LogP contribution in [0.25, 0.3) is 0 Å². The van der Waals surface area contributed by atoms with E-state index in [0.717, 1.165) is 30.4 Å². The van der Waals surface area contributed by atoms with Gasteiger partial charge in [0, 0.05) is 19.0 Å². The van der Waals surface area contributed by atoms with Gasteiger partial charge in [-0.3, -0.25) is 4.79 Å². The van der Waals surface area contributed by atoms with Gasteiger partial charge in [-0.25, -0.2) is 12.8 Å². The number of piperidine rings is 1. The van der Waals surface area contributed by atoms with Gasteiger partial charge in [-0.15, -0.1) is 0 Å². The Morgan fingerprint density at radius 1 is 1.07 bits per heavy atom. The van der Waals surface area contributed by atoms with Crippen LogP contribution in [-0.2, 0) is 27.7 Å². The maximum Gasteiger partial charge on any atom is 0.243 e. The van der Waals surface area contributed by atoms with E-state index in [1.165, 1.54) is 22.0 Å². The van der Waals surface area contributed by atoms with Crippen LogP contribution in [-0.4, -0.2) is 31.7 Å². The van der Waals surface area contributed by atoms with Crippen molar-refractivity contribution in [1.29, 1.82) is 0 Å². The minimum atomic E-state index is -3.54. The molecule has 2 aliphatic rings. The molecule has 5 nitrogen and oxygen atoms in total. The number of aryl methyl sites for hydroxylation is 2. The summed E-state index contributed by atoms with van der Waals surface area (Å²) in [7, 11) is -3.54. The summed E-state index contributed by atoms with van der Waals surface area (Å²) in [5, 5.41) is 2.97. The molecule has 0 bridgehead atoms. The number of amides is 1. The number of nitrogens with one attached hydrogen (secondary N) is 1. The molecule has 2 aromatic carbocycles. The molecule has 1 N–H and O–H groups in total. The monoisotopic (exact) mass is 430 g/mol. The third kappa shape index (κ3) is 4.27. The number of benzene rings is 2. The highest BCUT2D eigenvalue weighted by molar-refractivity contribution is 7.89. The second kappa shape index (κ2) is 8.47. The van der Waals surface area contributed by atoms with Crippen molar-refractivity contribution in [1.82, 2.24) is 9.62 Å². The van der Waals surface area contributed by atoms with E-state index in [-0.39, 0.29) is 23.7 Å². The Bertz CT molecular complexity index is 1030. The molecule has 0 radical (unpaired) electrons. The highest BCUT2D eigenvalue weighted by Crippen LogP contribution is 2.29. The fourth-order valence-corrected chi connectivity index (χ4v) is 5.90. The van der Waals surface area contributed by atoms with Crippen LogP contribution < -0.4 is 5.32 Å². The minimum absolute atomic E-state index is 0.0820. The quantitative estimate of drug-likeness (QED) is 0.788. The zero-order chi connectivity index (χ0) is 21.3. The Morgan fingerprint density at radius 3 is 2.43 bits per heavy atom. The number of halogens is 1. The molecule has 1 amide bonds. The van der Waals surface area contributed by atoms with Crippen LogP contribution in [0.5, 0.6) is 0 Å². The molecule has 0 saturated carbocycles. The lowest BCUT2D eigenvalue weighted by molar-refractivity contribution is -0.126. The maximum absolute atomic E-state index is 13.1. The smallest absolute Gasteiger partial charge is 0.243 e. The number of carbonyl (C=O) groups excluding carboxylic acids is 1. The molecule has 4 rings (SSSR count). The number of rotatable bonds is 5. The highest BCUT2D eigenvalue weighted by atomic mass is 32.2. The maximum atomic E-state index is 13.1. The van der Waals surface area contributed by atoms with Crippen molar-refractivity contribution >= 4 is 15.9 Å². The summed E-state index contributed by atoms with van der Waals surface area (Å²) in [4.78, 5) is 13.0. The van der Waals surface area contributed by atoms with Gasteiger partial charge >= 0.3 is 0 Å². The summed E-state index contributed by atoms with van der Waals surface area (Å²) in [6.07, 6.45) is 4.02. The third-order valence-electron chi connectivity index (χ3n) is 6.26. The first-order chi connectivity index (χ1) is 14.3. The van der Waals surface area contributed by atoms with Gasteiger partial charge in [-0.05, 0) is 80.0 Å². The molecule has 0 unspecified atom stereocenters. The van der Waals surface area contributed by atoms with Crippen molar-refractivity contribution in [2.75, 3.05) is 13.1 Å². The molecule has 30 heavy (non-hydrogen) atoms. The normalized spacial score (nSPS) is 18.7. The minimum Gasteiger partial charge on any atom is -0.349 e. The average Bonchev–Trinajstić information content (AvgIpc) is 3.22. The van der Waals surface area contributed by atoms with Gasteiger partial charge in [-0.1, -0.05) is 18.2 Å². The number of sulfonamides is 1. The molecule has 7 heteroatoms. The van der Waals surface area contributed by atoms with Gasteiger partial charge in [0.05, 0.1) is 10.9 Å². The number of hydrogen-bond acceptors (Lipinski definition) is 3. The van der Waals surface area contributed by atoms with Crippen LogP contribution in [0.4, 0.5) is 4.39 Å². The lowest BCUT2D eigenvalue weighted by Gasteiger charge is -2.31. The first-order valence-electron chi connectivity index (χ1n) is 10.5. The second-order valence-electron chi connectivity index (χ2n) is 8.24. The molecule has 1 aliphatic heterocycles. The summed E-state index contributed by atoms with van der Waals surface area (Å²) in [6.45, 7) is 2.53. The van der Waals surface area contributed by atoms with Crippen molar-refractivity contribution in [3.63, 3.8) is 0 Å². The molecule has 1 heterocycles. The van der Waals surface area contributed by atoms with Crippen molar-refractivity contribution in [2.45, 2.75) is 50.0 Å². The molecule has 1 atom stereocenters. The summed E-state index contributed by atoms with van der Waals surface area (Å²) in [5.74, 6) is -0.616. The van der Waals surface area contributed by atoms with Crippen molar-refractivity contribution in [3.05, 3.63) is 65.0 Å². The van der Waals surface area contributed by atoms with E-state index in [4.69, 9.17) is 0 Å². The lowest BCUT2D eigenvalue weighted by Crippen LogP contribution is -2.43. The van der Waals surface area contributed by atoms with Gasteiger partial charge in [0.2, 0.25) is 15.9 Å². The van der Waals surface area contributed by atoms with E-state index in [9.17, 15) is 17.6 Å². The van der Waals surface area contributed by atoms with Crippen molar-refractivity contribution in [3.8, 4) is 0 Å². The SMILES string of the molecule is C[C@H](NC(=O)C1CCN(S(=O)(=O)c2ccc3c(c2)CCC3)CC1)c1ccc(F)cc1. The highest BCUT2D eigenvalue weighted by Gasteiger charge is 2.33. The van der Waals surface area contributed by atoms with E-state index in [1.54, 1.807) is 18.2 Å². The fraction of sp³-hybridized carbons (Fsp3) is 0.435. The van der Waals surface area contributed by atoms with E-state index in [0.29, 0.717) is 30.8 Å².